The van der Waals surface area contributed by atoms with Gasteiger partial charge in [0.15, 0.2) is 0 Å². The molecule has 3 rings (SSSR count). The van der Waals surface area contributed by atoms with E-state index in [1.165, 1.54) is 12.1 Å². The van der Waals surface area contributed by atoms with Crippen LogP contribution < -0.4 is 4.18 Å². The molecule has 0 radical (unpaired) electrons. The molecule has 144 valence electrons. The highest BCUT2D eigenvalue weighted by Crippen LogP contribution is 2.52. The minimum Gasteiger partial charge on any atom is -0.507 e. The van der Waals surface area contributed by atoms with Gasteiger partial charge in [0.2, 0.25) is 0 Å². The SMILES string of the molecule is CC(C)/C=C/c1c(O)cc(C2OC2c2ccc(OS(=O)(=O)O)cc2)cc1O. The highest BCUT2D eigenvalue weighted by molar-refractivity contribution is 7.81. The molecule has 0 spiro atoms. The molecular weight excluding hydrogens is 372 g/mol. The number of allylic oxidation sites excluding steroid dienone is 1. The van der Waals surface area contributed by atoms with Crippen LogP contribution in [0.3, 0.4) is 0 Å². The van der Waals surface area contributed by atoms with Gasteiger partial charge in [0, 0.05) is 0 Å². The molecule has 2 atom stereocenters. The van der Waals surface area contributed by atoms with Gasteiger partial charge in [-0.1, -0.05) is 38.1 Å². The quantitative estimate of drug-likeness (QED) is 0.506. The lowest BCUT2D eigenvalue weighted by Gasteiger charge is -2.07. The molecule has 0 aliphatic carbocycles. The predicted octanol–water partition coefficient (Wildman–Crippen LogP) is 3.76. The van der Waals surface area contributed by atoms with Gasteiger partial charge in [0.25, 0.3) is 0 Å². The average Bonchev–Trinajstić information content (AvgIpc) is 3.33. The number of phenolic OH excluding ortho intramolecular Hbond substituents is 2. The number of epoxide rings is 1. The van der Waals surface area contributed by atoms with Gasteiger partial charge in [0.1, 0.15) is 29.5 Å². The Morgan fingerprint density at radius 2 is 1.59 bits per heavy atom. The topological polar surface area (TPSA) is 117 Å². The summed E-state index contributed by atoms with van der Waals surface area (Å²) in [6.07, 6.45) is 2.93. The maximum absolute atomic E-state index is 10.7. The van der Waals surface area contributed by atoms with Crippen molar-refractivity contribution >= 4 is 16.5 Å². The van der Waals surface area contributed by atoms with E-state index < -0.39 is 10.4 Å². The molecule has 27 heavy (non-hydrogen) atoms. The van der Waals surface area contributed by atoms with Crippen molar-refractivity contribution in [2.24, 2.45) is 5.92 Å². The number of phenols is 2. The van der Waals surface area contributed by atoms with Crippen molar-refractivity contribution < 1.29 is 32.1 Å². The van der Waals surface area contributed by atoms with Crippen molar-refractivity contribution in [2.75, 3.05) is 0 Å². The lowest BCUT2D eigenvalue weighted by molar-refractivity contribution is 0.375. The van der Waals surface area contributed by atoms with Crippen molar-refractivity contribution in [3.05, 3.63) is 59.2 Å². The monoisotopic (exact) mass is 392 g/mol. The van der Waals surface area contributed by atoms with Gasteiger partial charge >= 0.3 is 10.4 Å². The third-order valence-electron chi connectivity index (χ3n) is 4.04. The largest absolute Gasteiger partial charge is 0.507 e. The van der Waals surface area contributed by atoms with E-state index in [1.807, 2.05) is 19.9 Å². The van der Waals surface area contributed by atoms with Crippen LogP contribution in [0.5, 0.6) is 17.2 Å². The first kappa shape index (κ1) is 19.2. The van der Waals surface area contributed by atoms with Gasteiger partial charge < -0.3 is 19.1 Å². The van der Waals surface area contributed by atoms with Gasteiger partial charge in [-0.15, -0.1) is 0 Å². The van der Waals surface area contributed by atoms with Crippen LogP contribution in [0.25, 0.3) is 6.08 Å². The Labute approximate surface area is 157 Å². The second-order valence-electron chi connectivity index (χ2n) is 6.63. The van der Waals surface area contributed by atoms with E-state index in [1.54, 1.807) is 30.3 Å². The van der Waals surface area contributed by atoms with E-state index in [-0.39, 0.29) is 35.4 Å². The Hall–Kier alpha value is -2.55. The molecule has 2 aromatic rings. The molecule has 1 fully saturated rings. The third-order valence-corrected chi connectivity index (χ3v) is 4.44. The van der Waals surface area contributed by atoms with Crippen LogP contribution >= 0.6 is 0 Å². The zero-order chi connectivity index (χ0) is 19.8. The lowest BCUT2D eigenvalue weighted by atomic mass is 10.0. The molecule has 3 N–H and O–H groups in total. The number of hydrogen-bond donors (Lipinski definition) is 3. The summed E-state index contributed by atoms with van der Waals surface area (Å²) in [5.74, 6) is 0.198. The molecule has 1 saturated heterocycles. The van der Waals surface area contributed by atoms with Gasteiger partial charge in [-0.2, -0.15) is 8.42 Å². The van der Waals surface area contributed by atoms with Crippen molar-refractivity contribution in [2.45, 2.75) is 26.1 Å². The van der Waals surface area contributed by atoms with E-state index >= 15 is 0 Å². The van der Waals surface area contributed by atoms with Crippen molar-refractivity contribution in [3.63, 3.8) is 0 Å². The molecule has 2 unspecified atom stereocenters. The highest BCUT2D eigenvalue weighted by atomic mass is 32.3. The lowest BCUT2D eigenvalue weighted by Crippen LogP contribution is -2.06. The Morgan fingerprint density at radius 1 is 1.04 bits per heavy atom. The maximum atomic E-state index is 10.7. The van der Waals surface area contributed by atoms with E-state index in [9.17, 15) is 18.6 Å². The molecule has 1 aliphatic heterocycles. The van der Waals surface area contributed by atoms with Crippen LogP contribution in [0, 0.1) is 5.92 Å². The smallest absolute Gasteiger partial charge is 0.446 e. The summed E-state index contributed by atoms with van der Waals surface area (Å²) in [5, 5.41) is 20.4. The fourth-order valence-electron chi connectivity index (χ4n) is 2.72. The Bertz CT molecular complexity index is 939. The van der Waals surface area contributed by atoms with Crippen LogP contribution in [-0.2, 0) is 15.1 Å². The summed E-state index contributed by atoms with van der Waals surface area (Å²) in [6, 6.07) is 9.14. The Morgan fingerprint density at radius 3 is 2.11 bits per heavy atom. The molecule has 0 amide bonds. The van der Waals surface area contributed by atoms with Gasteiger partial charge in [-0.25, -0.2) is 0 Å². The summed E-state index contributed by atoms with van der Waals surface area (Å²) in [6.45, 7) is 3.99. The van der Waals surface area contributed by atoms with Crippen molar-refractivity contribution in [1.82, 2.24) is 0 Å². The molecule has 2 aromatic carbocycles. The third kappa shape index (κ3) is 4.79. The fraction of sp³-hybridized carbons (Fsp3) is 0.263. The van der Waals surface area contributed by atoms with E-state index in [4.69, 9.17) is 9.29 Å². The summed E-state index contributed by atoms with van der Waals surface area (Å²) in [7, 11) is -4.56. The zero-order valence-electron chi connectivity index (χ0n) is 14.7. The van der Waals surface area contributed by atoms with E-state index in [0.717, 1.165) is 5.56 Å². The molecule has 1 heterocycles. The Kier molecular flexibility index (Phi) is 5.14. The fourth-order valence-corrected chi connectivity index (χ4v) is 3.08. The van der Waals surface area contributed by atoms with E-state index in [0.29, 0.717) is 11.1 Å². The summed E-state index contributed by atoms with van der Waals surface area (Å²) in [4.78, 5) is 0. The molecule has 8 heteroatoms. The maximum Gasteiger partial charge on any atom is 0.446 e. The zero-order valence-corrected chi connectivity index (χ0v) is 15.6. The summed E-state index contributed by atoms with van der Waals surface area (Å²) < 4.78 is 40.1. The molecule has 1 aliphatic rings. The van der Waals surface area contributed by atoms with Gasteiger partial charge in [-0.05, 0) is 41.3 Å². The molecule has 0 saturated carbocycles. The number of ether oxygens (including phenoxy) is 1. The first-order chi connectivity index (χ1) is 12.6. The van der Waals surface area contributed by atoms with Crippen LogP contribution in [0.2, 0.25) is 0 Å². The minimum absolute atomic E-state index is 0.0185. The average molecular weight is 392 g/mol. The summed E-state index contributed by atoms with van der Waals surface area (Å²) >= 11 is 0. The second-order valence-corrected chi connectivity index (χ2v) is 7.66. The van der Waals surface area contributed by atoms with Gasteiger partial charge in [-0.3, -0.25) is 4.55 Å². The highest BCUT2D eigenvalue weighted by Gasteiger charge is 2.42. The number of rotatable bonds is 6. The number of benzene rings is 2. The Balaban J connectivity index is 1.75. The summed E-state index contributed by atoms with van der Waals surface area (Å²) in [5.41, 5.74) is 1.76. The molecule has 0 aromatic heterocycles. The number of hydrogen-bond acceptors (Lipinski definition) is 6. The van der Waals surface area contributed by atoms with E-state index in [2.05, 4.69) is 4.18 Å². The molecular formula is C19H20O7S. The van der Waals surface area contributed by atoms with Gasteiger partial charge in [0.05, 0.1) is 5.56 Å². The van der Waals surface area contributed by atoms with Crippen molar-refractivity contribution in [1.29, 1.82) is 0 Å². The van der Waals surface area contributed by atoms with Crippen LogP contribution in [-0.4, -0.2) is 23.2 Å². The predicted molar refractivity (Wildman–Crippen MR) is 98.8 cm³/mol. The second kappa shape index (κ2) is 7.22. The molecule has 7 nitrogen and oxygen atoms in total. The normalized spacial score (nSPS) is 19.6. The first-order valence-corrected chi connectivity index (χ1v) is 9.67. The van der Waals surface area contributed by atoms with Crippen molar-refractivity contribution in [3.8, 4) is 17.2 Å². The minimum atomic E-state index is -4.56. The van der Waals surface area contributed by atoms with Crippen LogP contribution in [0.4, 0.5) is 0 Å². The number of aromatic hydroxyl groups is 2. The van der Waals surface area contributed by atoms with Crippen LogP contribution in [0.15, 0.2) is 42.5 Å². The molecule has 0 bridgehead atoms. The van der Waals surface area contributed by atoms with Crippen LogP contribution in [0.1, 0.15) is 42.7 Å². The standard InChI is InChI=1S/C19H20O7S/c1-11(2)3-8-15-16(20)9-13(10-17(15)21)19-18(25-19)12-4-6-14(7-5-12)26-27(22,23)24/h3-11,18-21H,1-2H3,(H,22,23,24)/b8-3+. The first-order valence-electron chi connectivity index (χ1n) is 8.30.